The molecule has 0 unspecified atom stereocenters. The predicted molar refractivity (Wildman–Crippen MR) is 68.6 cm³/mol. The first-order chi connectivity index (χ1) is 8.27. The number of hydrogen-bond donors (Lipinski definition) is 1. The van der Waals surface area contributed by atoms with E-state index in [0.29, 0.717) is 6.54 Å². The Balaban J connectivity index is 2.98. The van der Waals surface area contributed by atoms with E-state index in [-0.39, 0.29) is 5.91 Å². The van der Waals surface area contributed by atoms with Crippen molar-refractivity contribution < 1.29 is 9.59 Å². The van der Waals surface area contributed by atoms with Gasteiger partial charge in [0, 0.05) is 13.5 Å². The molecule has 0 aliphatic rings. The fourth-order valence-electron chi connectivity index (χ4n) is 1.69. The predicted octanol–water partition coefficient (Wildman–Crippen LogP) is 2.58. The van der Waals surface area contributed by atoms with E-state index in [1.54, 1.807) is 13.0 Å². The summed E-state index contributed by atoms with van der Waals surface area (Å²) in [7, 11) is 0. The molecule has 0 saturated carbocycles. The van der Waals surface area contributed by atoms with E-state index < -0.39 is 0 Å². The summed E-state index contributed by atoms with van der Waals surface area (Å²) in [6, 6.07) is 0. The SMILES string of the molecule is CC(=O)NCCCCCCCCCCN=C=O. The Hall–Kier alpha value is -1.15. The van der Waals surface area contributed by atoms with E-state index in [1.807, 2.05) is 0 Å². The summed E-state index contributed by atoms with van der Waals surface area (Å²) in [5, 5.41) is 2.80. The molecule has 0 heterocycles. The van der Waals surface area contributed by atoms with Crippen LogP contribution in [0.4, 0.5) is 0 Å². The Kier molecular flexibility index (Phi) is 12.0. The number of nitrogens with one attached hydrogen (secondary N) is 1. The highest BCUT2D eigenvalue weighted by molar-refractivity contribution is 5.72. The van der Waals surface area contributed by atoms with Gasteiger partial charge >= 0.3 is 0 Å². The third kappa shape index (κ3) is 14.8. The van der Waals surface area contributed by atoms with Crippen molar-refractivity contribution in [3.63, 3.8) is 0 Å². The third-order valence-electron chi connectivity index (χ3n) is 2.64. The van der Waals surface area contributed by atoms with Gasteiger partial charge in [0.05, 0.1) is 6.54 Å². The number of carbonyl (C=O) groups is 1. The maximum atomic E-state index is 10.6. The highest BCUT2D eigenvalue weighted by atomic mass is 16.1. The molecular weight excluding hydrogens is 216 g/mol. The number of carbonyl (C=O) groups excluding carboxylic acids is 2. The van der Waals surface area contributed by atoms with E-state index in [0.717, 1.165) is 25.8 Å². The number of hydrogen-bond acceptors (Lipinski definition) is 3. The summed E-state index contributed by atoms with van der Waals surface area (Å²) in [4.78, 5) is 23.9. The van der Waals surface area contributed by atoms with Crippen LogP contribution in [0.2, 0.25) is 0 Å². The van der Waals surface area contributed by atoms with Crippen molar-refractivity contribution in [1.82, 2.24) is 5.32 Å². The lowest BCUT2D eigenvalue weighted by Gasteiger charge is -2.02. The van der Waals surface area contributed by atoms with Gasteiger partial charge in [0.2, 0.25) is 12.0 Å². The Labute approximate surface area is 104 Å². The van der Waals surface area contributed by atoms with Crippen molar-refractivity contribution in [1.29, 1.82) is 0 Å². The molecular formula is C13H24N2O2. The van der Waals surface area contributed by atoms with Crippen molar-refractivity contribution in [3.05, 3.63) is 0 Å². The molecule has 17 heavy (non-hydrogen) atoms. The van der Waals surface area contributed by atoms with Crippen molar-refractivity contribution in [2.24, 2.45) is 4.99 Å². The molecule has 1 N–H and O–H groups in total. The van der Waals surface area contributed by atoms with Crippen LogP contribution in [-0.4, -0.2) is 25.1 Å². The van der Waals surface area contributed by atoms with Crippen molar-refractivity contribution in [2.75, 3.05) is 13.1 Å². The molecule has 0 rings (SSSR count). The quantitative estimate of drug-likeness (QED) is 0.343. The molecule has 98 valence electrons. The summed E-state index contributed by atoms with van der Waals surface area (Å²) in [6.45, 7) is 2.98. The maximum absolute atomic E-state index is 10.6. The zero-order chi connectivity index (χ0) is 12.8. The van der Waals surface area contributed by atoms with Gasteiger partial charge in [-0.2, -0.15) is 0 Å². The summed E-state index contributed by atoms with van der Waals surface area (Å²) in [5.41, 5.74) is 0. The van der Waals surface area contributed by atoms with Crippen LogP contribution in [0, 0.1) is 0 Å². The van der Waals surface area contributed by atoms with Crippen LogP contribution in [0.25, 0.3) is 0 Å². The smallest absolute Gasteiger partial charge is 0.234 e. The summed E-state index contributed by atoms with van der Waals surface area (Å²) >= 11 is 0. The summed E-state index contributed by atoms with van der Waals surface area (Å²) in [6.07, 6.45) is 10.9. The van der Waals surface area contributed by atoms with Gasteiger partial charge < -0.3 is 5.32 Å². The molecule has 4 heteroatoms. The monoisotopic (exact) mass is 240 g/mol. The van der Waals surface area contributed by atoms with Gasteiger partial charge in [0.1, 0.15) is 0 Å². The second-order valence-electron chi connectivity index (χ2n) is 4.28. The molecule has 0 atom stereocenters. The molecule has 0 aromatic heterocycles. The van der Waals surface area contributed by atoms with Crippen LogP contribution < -0.4 is 5.32 Å². The Morgan fingerprint density at radius 3 is 2.06 bits per heavy atom. The molecule has 0 aliphatic carbocycles. The first kappa shape index (κ1) is 15.9. The van der Waals surface area contributed by atoms with Gasteiger partial charge in [-0.05, 0) is 12.8 Å². The van der Waals surface area contributed by atoms with E-state index in [2.05, 4.69) is 10.3 Å². The second kappa shape index (κ2) is 12.9. The number of nitrogens with zero attached hydrogens (tertiary/aromatic N) is 1. The van der Waals surface area contributed by atoms with Crippen LogP contribution in [0.3, 0.4) is 0 Å². The number of unbranched alkanes of at least 4 members (excludes halogenated alkanes) is 7. The molecule has 0 aromatic rings. The van der Waals surface area contributed by atoms with Gasteiger partial charge in [-0.1, -0.05) is 38.5 Å². The van der Waals surface area contributed by atoms with Crippen LogP contribution in [-0.2, 0) is 9.59 Å². The largest absolute Gasteiger partial charge is 0.356 e. The third-order valence-corrected chi connectivity index (χ3v) is 2.64. The van der Waals surface area contributed by atoms with Crippen molar-refractivity contribution in [2.45, 2.75) is 58.3 Å². The average Bonchev–Trinajstić information content (AvgIpc) is 2.30. The first-order valence-corrected chi connectivity index (χ1v) is 6.55. The fraction of sp³-hybridized carbons (Fsp3) is 0.846. The van der Waals surface area contributed by atoms with E-state index in [4.69, 9.17) is 0 Å². The normalized spacial score (nSPS) is 9.71. The minimum atomic E-state index is 0.0583. The average molecular weight is 240 g/mol. The molecule has 0 aromatic carbocycles. The van der Waals surface area contributed by atoms with Crippen LogP contribution in [0.1, 0.15) is 58.3 Å². The second-order valence-corrected chi connectivity index (χ2v) is 4.28. The van der Waals surface area contributed by atoms with E-state index in [9.17, 15) is 9.59 Å². The first-order valence-electron chi connectivity index (χ1n) is 6.55. The molecule has 0 aliphatic heterocycles. The van der Waals surface area contributed by atoms with Crippen molar-refractivity contribution in [3.8, 4) is 0 Å². The topological polar surface area (TPSA) is 58.5 Å². The number of isocyanates is 1. The minimum Gasteiger partial charge on any atom is -0.356 e. The Bertz CT molecular complexity index is 226. The zero-order valence-electron chi connectivity index (χ0n) is 10.8. The standard InChI is InChI=1S/C13H24N2O2/c1-13(17)15-11-9-7-5-3-2-4-6-8-10-14-12-16/h2-11H2,1H3,(H,15,17). The number of amides is 1. The summed E-state index contributed by atoms with van der Waals surface area (Å²) < 4.78 is 0. The molecule has 0 bridgehead atoms. The molecule has 1 amide bonds. The maximum Gasteiger partial charge on any atom is 0.234 e. The lowest BCUT2D eigenvalue weighted by Crippen LogP contribution is -2.20. The minimum absolute atomic E-state index is 0.0583. The van der Waals surface area contributed by atoms with Crippen LogP contribution >= 0.6 is 0 Å². The lowest BCUT2D eigenvalue weighted by atomic mass is 10.1. The van der Waals surface area contributed by atoms with E-state index >= 15 is 0 Å². The molecule has 0 radical (unpaired) electrons. The fourth-order valence-corrected chi connectivity index (χ4v) is 1.69. The van der Waals surface area contributed by atoms with Gasteiger partial charge in [-0.25, -0.2) is 9.79 Å². The van der Waals surface area contributed by atoms with E-state index in [1.165, 1.54) is 32.1 Å². The van der Waals surface area contributed by atoms with Crippen LogP contribution in [0.5, 0.6) is 0 Å². The molecule has 0 saturated heterocycles. The summed E-state index contributed by atoms with van der Waals surface area (Å²) in [5.74, 6) is 0.0583. The van der Waals surface area contributed by atoms with Crippen LogP contribution in [0.15, 0.2) is 4.99 Å². The van der Waals surface area contributed by atoms with Gasteiger partial charge in [0.15, 0.2) is 0 Å². The van der Waals surface area contributed by atoms with Gasteiger partial charge in [-0.3, -0.25) is 4.79 Å². The molecule has 4 nitrogen and oxygen atoms in total. The van der Waals surface area contributed by atoms with Gasteiger partial charge in [0.25, 0.3) is 0 Å². The Morgan fingerprint density at radius 2 is 1.53 bits per heavy atom. The highest BCUT2D eigenvalue weighted by Gasteiger charge is 1.93. The molecule has 0 fully saturated rings. The Morgan fingerprint density at radius 1 is 1.00 bits per heavy atom. The highest BCUT2D eigenvalue weighted by Crippen LogP contribution is 2.08. The molecule has 0 spiro atoms. The number of rotatable bonds is 11. The lowest BCUT2D eigenvalue weighted by molar-refractivity contribution is -0.118. The number of aliphatic imine (C=N–C) groups is 1. The van der Waals surface area contributed by atoms with Gasteiger partial charge in [-0.15, -0.1) is 0 Å². The zero-order valence-corrected chi connectivity index (χ0v) is 10.8. The van der Waals surface area contributed by atoms with Crippen molar-refractivity contribution >= 4 is 12.0 Å².